The third kappa shape index (κ3) is 16.7. The monoisotopic (exact) mass is 727 g/mol. The smallest absolute Gasteiger partial charge is 0.306 e. The highest BCUT2D eigenvalue weighted by Crippen LogP contribution is 2.20. The van der Waals surface area contributed by atoms with E-state index in [9.17, 15) is 58.2 Å². The van der Waals surface area contributed by atoms with Gasteiger partial charge in [-0.2, -0.15) is 0 Å². The normalized spacial score (nSPS) is 15.1. The van der Waals surface area contributed by atoms with Crippen molar-refractivity contribution in [2.75, 3.05) is 6.61 Å². The number of esters is 1. The van der Waals surface area contributed by atoms with Crippen LogP contribution in [0, 0.1) is 5.41 Å². The number of Topliss-reactive ketones (excluding diaryl/α,β-unsaturated/α-hetero) is 1. The third-order valence-electron chi connectivity index (χ3n) is 6.93. The second-order valence-electron chi connectivity index (χ2n) is 12.6. The first-order chi connectivity index (χ1) is 23.4. The molecule has 0 unspecified atom stereocenters. The SMILES string of the molecule is C=CCOC(=O)CC[C@H](NC(=O)[C@H](CC(=O)O)NC(=O)C(=O)[C@H](C)NC(=O)[C@H](C)NC(=O)[C@@H](NC(=O)[C@@H](NC(C)=O)C(C)(C)C)[C@@H](C)O)C(N)=O. The van der Waals surface area contributed by atoms with Crippen LogP contribution >= 0.6 is 0 Å². The topological polar surface area (TPSA) is 319 Å². The number of ketones is 1. The van der Waals surface area contributed by atoms with Crippen LogP contribution in [0.2, 0.25) is 0 Å². The molecule has 10 N–H and O–H groups in total. The minimum absolute atomic E-state index is 0.108. The molecule has 7 atom stereocenters. The zero-order chi connectivity index (χ0) is 39.8. The molecule has 20 heteroatoms. The predicted octanol–water partition coefficient (Wildman–Crippen LogP) is -3.58. The quantitative estimate of drug-likeness (QED) is 0.0314. The molecule has 0 radical (unpaired) electrons. The van der Waals surface area contributed by atoms with Crippen LogP contribution in [-0.4, -0.2) is 118 Å². The number of primary amides is 1. The van der Waals surface area contributed by atoms with Gasteiger partial charge in [0.1, 0.15) is 36.8 Å². The summed E-state index contributed by atoms with van der Waals surface area (Å²) in [6, 6.07) is -9.02. The number of nitrogens with two attached hydrogens (primary N) is 1. The van der Waals surface area contributed by atoms with Gasteiger partial charge in [0.2, 0.25) is 41.2 Å². The molecule has 0 spiro atoms. The number of amides is 7. The van der Waals surface area contributed by atoms with Crippen molar-refractivity contribution in [3.63, 3.8) is 0 Å². The standard InChI is InChI=1S/C31H49N7O13/c1-9-12-51-21(43)11-10-18(25(32)45)36-27(47)19(13-20(41)42)37-29(49)23(44)14(2)33-26(46)15(3)34-28(48)22(16(4)39)38-30(50)24(31(6,7)8)35-17(5)40/h9,14-16,18-19,22,24,39H,1,10-13H2,2-8H3,(H2,32,45)(H,33,46)(H,34,48)(H,35,40)(H,36,47)(H,37,49)(H,38,50)(H,41,42)/t14-,15-,16+,18-,19-,22-,24+/m0/s1. The van der Waals surface area contributed by atoms with E-state index in [2.05, 4.69) is 33.2 Å². The summed E-state index contributed by atoms with van der Waals surface area (Å²) < 4.78 is 4.77. The number of rotatable bonds is 21. The van der Waals surface area contributed by atoms with Crippen LogP contribution in [0.4, 0.5) is 0 Å². The van der Waals surface area contributed by atoms with Crippen molar-refractivity contribution >= 4 is 59.1 Å². The molecule has 0 aliphatic heterocycles. The molecule has 0 fully saturated rings. The van der Waals surface area contributed by atoms with Crippen molar-refractivity contribution in [2.24, 2.45) is 11.1 Å². The first kappa shape index (κ1) is 45.6. The first-order valence-corrected chi connectivity index (χ1v) is 15.7. The number of carboxylic acid groups (broad SMARTS) is 1. The molecule has 20 nitrogen and oxygen atoms in total. The van der Waals surface area contributed by atoms with E-state index in [-0.39, 0.29) is 19.4 Å². The minimum Gasteiger partial charge on any atom is -0.481 e. The molecule has 51 heavy (non-hydrogen) atoms. The lowest BCUT2D eigenvalue weighted by molar-refractivity contribution is -0.144. The van der Waals surface area contributed by atoms with Gasteiger partial charge in [-0.15, -0.1) is 0 Å². The van der Waals surface area contributed by atoms with E-state index >= 15 is 0 Å². The van der Waals surface area contributed by atoms with E-state index < -0.39 is 113 Å². The number of carbonyl (C=O) groups excluding carboxylic acids is 9. The Morgan fingerprint density at radius 1 is 0.784 bits per heavy atom. The van der Waals surface area contributed by atoms with Crippen molar-refractivity contribution < 1.29 is 62.9 Å². The molecule has 0 aliphatic rings. The van der Waals surface area contributed by atoms with Gasteiger partial charge in [-0.05, 0) is 32.6 Å². The molecule has 0 saturated heterocycles. The van der Waals surface area contributed by atoms with Crippen LogP contribution in [0.1, 0.15) is 67.7 Å². The van der Waals surface area contributed by atoms with Crippen molar-refractivity contribution in [1.82, 2.24) is 31.9 Å². The second kappa shape index (κ2) is 21.0. The fraction of sp³-hybridized carbons (Fsp3) is 0.613. The van der Waals surface area contributed by atoms with E-state index in [0.29, 0.717) is 0 Å². The molecule has 0 saturated carbocycles. The largest absolute Gasteiger partial charge is 0.481 e. The summed E-state index contributed by atoms with van der Waals surface area (Å²) in [7, 11) is 0. The van der Waals surface area contributed by atoms with Crippen LogP contribution in [0.15, 0.2) is 12.7 Å². The van der Waals surface area contributed by atoms with Crippen molar-refractivity contribution in [3.8, 4) is 0 Å². The molecule has 0 aliphatic carbocycles. The number of aliphatic hydroxyl groups excluding tert-OH is 1. The van der Waals surface area contributed by atoms with Gasteiger partial charge in [0.15, 0.2) is 0 Å². The van der Waals surface area contributed by atoms with Crippen molar-refractivity contribution in [3.05, 3.63) is 12.7 Å². The van der Waals surface area contributed by atoms with Crippen molar-refractivity contribution in [1.29, 1.82) is 0 Å². The number of carbonyl (C=O) groups is 10. The molecular formula is C31H49N7O13. The van der Waals surface area contributed by atoms with Crippen LogP contribution in [0.3, 0.4) is 0 Å². The zero-order valence-electron chi connectivity index (χ0n) is 29.6. The average Bonchev–Trinajstić information content (AvgIpc) is 3.00. The number of hydrogen-bond acceptors (Lipinski definition) is 12. The maximum absolute atomic E-state index is 12.9. The Morgan fingerprint density at radius 3 is 1.82 bits per heavy atom. The van der Waals surface area contributed by atoms with E-state index in [1.54, 1.807) is 20.8 Å². The van der Waals surface area contributed by atoms with Crippen LogP contribution in [-0.2, 0) is 52.7 Å². The lowest BCUT2D eigenvalue weighted by Gasteiger charge is -2.32. The molecule has 0 rings (SSSR count). The highest BCUT2D eigenvalue weighted by Gasteiger charge is 2.37. The van der Waals surface area contributed by atoms with Gasteiger partial charge in [-0.25, -0.2) is 0 Å². The van der Waals surface area contributed by atoms with E-state index in [1.807, 2.05) is 5.32 Å². The molecule has 7 amide bonds. The molecule has 0 aromatic carbocycles. The summed E-state index contributed by atoms with van der Waals surface area (Å²) in [6.07, 6.45) is -1.89. The number of aliphatic carboxylic acids is 1. The van der Waals surface area contributed by atoms with Crippen molar-refractivity contribution in [2.45, 2.75) is 110 Å². The van der Waals surface area contributed by atoms with Gasteiger partial charge in [0, 0.05) is 13.3 Å². The summed E-state index contributed by atoms with van der Waals surface area (Å²) in [5.41, 5.74) is 4.48. The summed E-state index contributed by atoms with van der Waals surface area (Å²) in [5.74, 6) is -10.7. The van der Waals surface area contributed by atoms with Gasteiger partial charge in [-0.1, -0.05) is 33.4 Å². The van der Waals surface area contributed by atoms with Gasteiger partial charge in [0.05, 0.1) is 18.6 Å². The predicted molar refractivity (Wildman–Crippen MR) is 177 cm³/mol. The van der Waals surface area contributed by atoms with E-state index in [1.165, 1.54) is 26.8 Å². The fourth-order valence-corrected chi connectivity index (χ4v) is 4.15. The Balaban J connectivity index is 5.54. The summed E-state index contributed by atoms with van der Waals surface area (Å²) in [6.45, 7) is 12.9. The maximum atomic E-state index is 12.9. The number of carboxylic acids is 1. The van der Waals surface area contributed by atoms with Gasteiger partial charge in [0.25, 0.3) is 5.91 Å². The molecule has 0 aromatic heterocycles. The minimum atomic E-state index is -1.90. The molecule has 0 bridgehead atoms. The van der Waals surface area contributed by atoms with Crippen LogP contribution in [0.25, 0.3) is 0 Å². The van der Waals surface area contributed by atoms with E-state index in [4.69, 9.17) is 10.5 Å². The lowest BCUT2D eigenvalue weighted by atomic mass is 9.85. The average molecular weight is 728 g/mol. The number of ether oxygens (including phenoxy) is 1. The highest BCUT2D eigenvalue weighted by atomic mass is 16.5. The maximum Gasteiger partial charge on any atom is 0.306 e. The summed E-state index contributed by atoms with van der Waals surface area (Å²) in [4.78, 5) is 123. The Labute approximate surface area is 294 Å². The Hall–Kier alpha value is -5.40. The summed E-state index contributed by atoms with van der Waals surface area (Å²) >= 11 is 0. The Kier molecular flexibility index (Phi) is 18.7. The van der Waals surface area contributed by atoms with Gasteiger partial charge >= 0.3 is 11.9 Å². The molecule has 0 aromatic rings. The third-order valence-corrected chi connectivity index (χ3v) is 6.93. The number of nitrogens with one attached hydrogen (secondary N) is 6. The first-order valence-electron chi connectivity index (χ1n) is 15.7. The Bertz CT molecular complexity index is 1360. The van der Waals surface area contributed by atoms with E-state index in [0.717, 1.165) is 6.92 Å². The van der Waals surface area contributed by atoms with Crippen LogP contribution in [0.5, 0.6) is 0 Å². The molecular weight excluding hydrogens is 678 g/mol. The second-order valence-corrected chi connectivity index (χ2v) is 12.6. The van der Waals surface area contributed by atoms with Crippen LogP contribution < -0.4 is 37.6 Å². The number of hydrogen-bond donors (Lipinski definition) is 9. The lowest BCUT2D eigenvalue weighted by Crippen LogP contribution is -2.61. The molecule has 286 valence electrons. The van der Waals surface area contributed by atoms with Gasteiger partial charge in [-0.3, -0.25) is 47.9 Å². The molecule has 0 heterocycles. The zero-order valence-corrected chi connectivity index (χ0v) is 29.6. The van der Waals surface area contributed by atoms with Gasteiger partial charge < -0.3 is 52.6 Å². The highest BCUT2D eigenvalue weighted by molar-refractivity contribution is 6.38. The fourth-order valence-electron chi connectivity index (χ4n) is 4.15. The Morgan fingerprint density at radius 2 is 1.35 bits per heavy atom. The summed E-state index contributed by atoms with van der Waals surface area (Å²) in [5, 5.41) is 32.7. The number of aliphatic hydroxyl groups is 1.